The van der Waals surface area contributed by atoms with Gasteiger partial charge < -0.3 is 5.32 Å². The number of nitrogens with zero attached hydrogens (tertiary/aromatic N) is 2. The number of anilines is 1. The fourth-order valence-corrected chi connectivity index (χ4v) is 2.66. The van der Waals surface area contributed by atoms with Crippen LogP contribution in [0.3, 0.4) is 0 Å². The second kappa shape index (κ2) is 6.16. The van der Waals surface area contributed by atoms with Crippen molar-refractivity contribution in [1.29, 1.82) is 0 Å². The Morgan fingerprint density at radius 3 is 2.58 bits per heavy atom. The van der Waals surface area contributed by atoms with Gasteiger partial charge in [0.2, 0.25) is 5.91 Å². The lowest BCUT2D eigenvalue weighted by Crippen LogP contribution is -2.40. The first-order valence-corrected chi connectivity index (χ1v) is 7.52. The second-order valence-electron chi connectivity index (χ2n) is 5.67. The van der Waals surface area contributed by atoms with Crippen molar-refractivity contribution < 1.29 is 4.79 Å². The fourth-order valence-electron chi connectivity index (χ4n) is 2.66. The summed E-state index contributed by atoms with van der Waals surface area (Å²) >= 11 is 0. The number of aryl methyl sites for hydroxylation is 1. The number of nitrogens with one attached hydrogen (secondary N) is 1. The summed E-state index contributed by atoms with van der Waals surface area (Å²) in [7, 11) is 1.41. The molecule has 1 heterocycles. The Hall–Kier alpha value is -3.15. The zero-order chi connectivity index (χ0) is 17.3. The Kier molecular flexibility index (Phi) is 4.04. The van der Waals surface area contributed by atoms with Crippen LogP contribution in [0.4, 0.5) is 5.69 Å². The zero-order valence-electron chi connectivity index (χ0n) is 13.4. The van der Waals surface area contributed by atoms with Crippen LogP contribution in [0.5, 0.6) is 0 Å². The molecule has 0 aliphatic heterocycles. The first-order valence-electron chi connectivity index (χ1n) is 7.52. The molecule has 0 aliphatic rings. The van der Waals surface area contributed by atoms with E-state index in [2.05, 4.69) is 5.32 Å². The van der Waals surface area contributed by atoms with E-state index < -0.39 is 5.69 Å². The van der Waals surface area contributed by atoms with Crippen molar-refractivity contribution in [2.45, 2.75) is 13.5 Å². The standard InChI is InChI=1S/C18H17N3O3/c1-12-6-5-7-13(10-12)19-16(22)11-21-15-9-4-3-8-14(15)17(23)20(2)18(21)24/h3-10H,11H2,1-2H3,(H,19,22). The van der Waals surface area contributed by atoms with Crippen molar-refractivity contribution in [2.24, 2.45) is 7.05 Å². The number of aromatic nitrogens is 2. The van der Waals surface area contributed by atoms with Crippen LogP contribution in [0.1, 0.15) is 5.56 Å². The summed E-state index contributed by atoms with van der Waals surface area (Å²) in [5.74, 6) is -0.327. The molecule has 0 unspecified atom stereocenters. The molecule has 3 rings (SSSR count). The van der Waals surface area contributed by atoms with Gasteiger partial charge in [-0.2, -0.15) is 0 Å². The summed E-state index contributed by atoms with van der Waals surface area (Å²) in [6.45, 7) is 1.77. The van der Waals surface area contributed by atoms with Crippen LogP contribution >= 0.6 is 0 Å². The molecule has 0 aliphatic carbocycles. The molecule has 2 aromatic carbocycles. The first kappa shape index (κ1) is 15.7. The molecule has 1 amide bonds. The van der Waals surface area contributed by atoms with E-state index in [-0.39, 0.29) is 18.0 Å². The van der Waals surface area contributed by atoms with Gasteiger partial charge in [-0.1, -0.05) is 24.3 Å². The number of benzene rings is 2. The number of para-hydroxylation sites is 1. The van der Waals surface area contributed by atoms with Gasteiger partial charge in [0, 0.05) is 12.7 Å². The number of hydrogen-bond donors (Lipinski definition) is 1. The Labute approximate surface area is 138 Å². The first-order chi connectivity index (χ1) is 11.5. The second-order valence-corrected chi connectivity index (χ2v) is 5.67. The smallest absolute Gasteiger partial charge is 0.325 e. The molecule has 0 fully saturated rings. The highest BCUT2D eigenvalue weighted by molar-refractivity contribution is 5.91. The van der Waals surface area contributed by atoms with Crippen LogP contribution in [-0.4, -0.2) is 15.0 Å². The van der Waals surface area contributed by atoms with Crippen LogP contribution in [0.2, 0.25) is 0 Å². The molecule has 1 N–H and O–H groups in total. The highest BCUT2D eigenvalue weighted by Crippen LogP contribution is 2.11. The molecular weight excluding hydrogens is 306 g/mol. The Balaban J connectivity index is 2.00. The van der Waals surface area contributed by atoms with E-state index in [1.165, 1.54) is 11.6 Å². The monoisotopic (exact) mass is 323 g/mol. The molecule has 0 atom stereocenters. The van der Waals surface area contributed by atoms with Crippen molar-refractivity contribution in [2.75, 3.05) is 5.32 Å². The number of hydrogen-bond acceptors (Lipinski definition) is 3. The summed E-state index contributed by atoms with van der Waals surface area (Å²) in [5, 5.41) is 3.18. The third-order valence-corrected chi connectivity index (χ3v) is 3.85. The molecule has 0 bridgehead atoms. The Bertz CT molecular complexity index is 1050. The quantitative estimate of drug-likeness (QED) is 0.796. The van der Waals surface area contributed by atoms with Gasteiger partial charge >= 0.3 is 5.69 Å². The van der Waals surface area contributed by atoms with E-state index in [0.717, 1.165) is 10.1 Å². The molecule has 24 heavy (non-hydrogen) atoms. The van der Waals surface area contributed by atoms with Crippen LogP contribution in [-0.2, 0) is 18.4 Å². The molecule has 122 valence electrons. The van der Waals surface area contributed by atoms with E-state index in [0.29, 0.717) is 16.6 Å². The van der Waals surface area contributed by atoms with Gasteiger partial charge in [-0.15, -0.1) is 0 Å². The molecule has 3 aromatic rings. The van der Waals surface area contributed by atoms with Gasteiger partial charge in [0.05, 0.1) is 10.9 Å². The van der Waals surface area contributed by atoms with Gasteiger partial charge in [-0.05, 0) is 36.8 Å². The van der Waals surface area contributed by atoms with Gasteiger partial charge in [0.1, 0.15) is 6.54 Å². The van der Waals surface area contributed by atoms with Gasteiger partial charge in [-0.25, -0.2) is 4.79 Å². The highest BCUT2D eigenvalue weighted by Gasteiger charge is 2.13. The van der Waals surface area contributed by atoms with Crippen molar-refractivity contribution in [1.82, 2.24) is 9.13 Å². The van der Waals surface area contributed by atoms with Crippen LogP contribution in [0.25, 0.3) is 10.9 Å². The van der Waals surface area contributed by atoms with Crippen molar-refractivity contribution in [3.8, 4) is 0 Å². The van der Waals surface area contributed by atoms with E-state index >= 15 is 0 Å². The third-order valence-electron chi connectivity index (χ3n) is 3.85. The zero-order valence-corrected chi connectivity index (χ0v) is 13.4. The number of carbonyl (C=O) groups is 1. The third kappa shape index (κ3) is 2.86. The maximum Gasteiger partial charge on any atom is 0.331 e. The van der Waals surface area contributed by atoms with E-state index in [1.807, 2.05) is 25.1 Å². The molecule has 0 saturated carbocycles. The van der Waals surface area contributed by atoms with E-state index in [9.17, 15) is 14.4 Å². The molecule has 1 aromatic heterocycles. The summed E-state index contributed by atoms with van der Waals surface area (Å²) in [5.41, 5.74) is 1.26. The molecule has 0 spiro atoms. The van der Waals surface area contributed by atoms with Crippen molar-refractivity contribution in [3.63, 3.8) is 0 Å². The predicted molar refractivity (Wildman–Crippen MR) is 93.3 cm³/mol. The van der Waals surface area contributed by atoms with Crippen LogP contribution in [0.15, 0.2) is 58.1 Å². The summed E-state index contributed by atoms with van der Waals surface area (Å²) < 4.78 is 2.32. The predicted octanol–water partition coefficient (Wildman–Crippen LogP) is 1.65. The number of carbonyl (C=O) groups excluding carboxylic acids is 1. The van der Waals surface area contributed by atoms with Gasteiger partial charge in [-0.3, -0.25) is 18.7 Å². The molecule has 0 radical (unpaired) electrons. The summed E-state index contributed by atoms with van der Waals surface area (Å²) in [4.78, 5) is 36.9. The average Bonchev–Trinajstić information content (AvgIpc) is 2.57. The molecule has 6 nitrogen and oxygen atoms in total. The van der Waals surface area contributed by atoms with E-state index in [4.69, 9.17) is 0 Å². The summed E-state index contributed by atoms with van der Waals surface area (Å²) in [6.07, 6.45) is 0. The Morgan fingerprint density at radius 1 is 1.08 bits per heavy atom. The molecular formula is C18H17N3O3. The average molecular weight is 323 g/mol. The number of rotatable bonds is 3. The summed E-state index contributed by atoms with van der Waals surface area (Å²) in [6, 6.07) is 14.2. The maximum atomic E-state index is 12.4. The molecule has 6 heteroatoms. The largest absolute Gasteiger partial charge is 0.331 e. The maximum absolute atomic E-state index is 12.4. The lowest BCUT2D eigenvalue weighted by Gasteiger charge is -2.12. The van der Waals surface area contributed by atoms with Gasteiger partial charge in [0.15, 0.2) is 0 Å². The van der Waals surface area contributed by atoms with Crippen LogP contribution in [0, 0.1) is 6.92 Å². The lowest BCUT2D eigenvalue weighted by atomic mass is 10.2. The number of amides is 1. The topological polar surface area (TPSA) is 73.1 Å². The van der Waals surface area contributed by atoms with Crippen LogP contribution < -0.4 is 16.6 Å². The SMILES string of the molecule is Cc1cccc(NC(=O)Cn2c(=O)n(C)c(=O)c3ccccc32)c1. The normalized spacial score (nSPS) is 10.8. The fraction of sp³-hybridized carbons (Fsp3) is 0.167. The lowest BCUT2D eigenvalue weighted by molar-refractivity contribution is -0.116. The minimum Gasteiger partial charge on any atom is -0.325 e. The minimum atomic E-state index is -0.516. The Morgan fingerprint density at radius 2 is 1.83 bits per heavy atom. The molecule has 0 saturated heterocycles. The highest BCUT2D eigenvalue weighted by atomic mass is 16.2. The van der Waals surface area contributed by atoms with E-state index in [1.54, 1.807) is 30.3 Å². The minimum absolute atomic E-state index is 0.165. The van der Waals surface area contributed by atoms with Crippen molar-refractivity contribution in [3.05, 3.63) is 74.9 Å². The number of fused-ring (bicyclic) bond motifs is 1. The van der Waals surface area contributed by atoms with Crippen molar-refractivity contribution >= 4 is 22.5 Å². The van der Waals surface area contributed by atoms with Gasteiger partial charge in [0.25, 0.3) is 5.56 Å².